The largest absolute Gasteiger partial charge is 0.432 e. The molecule has 78 valence electrons. The van der Waals surface area contributed by atoms with Crippen LogP contribution in [0, 0.1) is 0 Å². The Morgan fingerprint density at radius 2 is 2.36 bits per heavy atom. The molecule has 0 atom stereocenters. The molecule has 0 unspecified atom stereocenters. The smallest absolute Gasteiger partial charge is 0.292 e. The fourth-order valence-electron chi connectivity index (χ4n) is 1.11. The van der Waals surface area contributed by atoms with Crippen molar-refractivity contribution in [1.82, 2.24) is 4.98 Å². The van der Waals surface area contributed by atoms with Crippen molar-refractivity contribution in [3.05, 3.63) is 28.5 Å². The lowest BCUT2D eigenvalue weighted by molar-refractivity contribution is 0.515. The number of hydrogen-bond donors (Lipinski definition) is 0. The standard InChI is InChI=1S/C10H13BrClNO/c1-3-8-9(14-10(12)13-8)5-4-7(2)6-11/h4H,3,5-6H2,1-2H3/b7-4+. The first-order chi connectivity index (χ1) is 6.67. The third kappa shape index (κ3) is 3.14. The van der Waals surface area contributed by atoms with Crippen molar-refractivity contribution in [3.63, 3.8) is 0 Å². The van der Waals surface area contributed by atoms with Crippen molar-refractivity contribution in [1.29, 1.82) is 0 Å². The summed E-state index contributed by atoms with van der Waals surface area (Å²) in [6.45, 7) is 4.11. The highest BCUT2D eigenvalue weighted by Crippen LogP contribution is 2.17. The molecule has 0 saturated carbocycles. The molecular weight excluding hydrogens is 265 g/mol. The van der Waals surface area contributed by atoms with Gasteiger partial charge in [-0.2, -0.15) is 0 Å². The van der Waals surface area contributed by atoms with Gasteiger partial charge < -0.3 is 4.42 Å². The van der Waals surface area contributed by atoms with Crippen LogP contribution in [0.25, 0.3) is 0 Å². The van der Waals surface area contributed by atoms with Gasteiger partial charge in [-0.25, -0.2) is 4.98 Å². The van der Waals surface area contributed by atoms with E-state index in [9.17, 15) is 0 Å². The molecule has 0 radical (unpaired) electrons. The Morgan fingerprint density at radius 1 is 1.64 bits per heavy atom. The monoisotopic (exact) mass is 277 g/mol. The third-order valence-corrected chi connectivity index (χ3v) is 2.98. The molecular formula is C10H13BrClNO. The number of nitrogens with zero attached hydrogens (tertiary/aromatic N) is 1. The molecule has 2 nitrogen and oxygen atoms in total. The van der Waals surface area contributed by atoms with Gasteiger partial charge in [0.05, 0.1) is 5.69 Å². The van der Waals surface area contributed by atoms with Crippen LogP contribution in [0.4, 0.5) is 0 Å². The van der Waals surface area contributed by atoms with Crippen LogP contribution in [0.15, 0.2) is 16.1 Å². The number of halogens is 2. The third-order valence-electron chi connectivity index (χ3n) is 1.93. The van der Waals surface area contributed by atoms with Crippen LogP contribution < -0.4 is 0 Å². The van der Waals surface area contributed by atoms with Crippen LogP contribution in [-0.4, -0.2) is 10.3 Å². The van der Waals surface area contributed by atoms with E-state index in [0.717, 1.165) is 29.6 Å². The molecule has 0 spiro atoms. The van der Waals surface area contributed by atoms with Crippen molar-refractivity contribution in [2.24, 2.45) is 0 Å². The summed E-state index contributed by atoms with van der Waals surface area (Å²) in [6.07, 6.45) is 3.73. The molecule has 0 aliphatic carbocycles. The Balaban J connectivity index is 2.75. The Hall–Kier alpha value is -0.280. The zero-order chi connectivity index (χ0) is 10.6. The van der Waals surface area contributed by atoms with Gasteiger partial charge >= 0.3 is 0 Å². The van der Waals surface area contributed by atoms with E-state index in [0.29, 0.717) is 0 Å². The lowest BCUT2D eigenvalue weighted by atomic mass is 10.2. The van der Waals surface area contributed by atoms with Crippen molar-refractivity contribution in [2.45, 2.75) is 26.7 Å². The first-order valence-corrected chi connectivity index (χ1v) is 6.03. The predicted octanol–water partition coefficient (Wildman–Crippen LogP) is 3.77. The first kappa shape index (κ1) is 11.8. The number of aryl methyl sites for hydroxylation is 1. The van der Waals surface area contributed by atoms with Crippen molar-refractivity contribution < 1.29 is 4.42 Å². The molecule has 0 bridgehead atoms. The fraction of sp³-hybridized carbons (Fsp3) is 0.500. The minimum absolute atomic E-state index is 0.238. The minimum Gasteiger partial charge on any atom is -0.432 e. The van der Waals surface area contributed by atoms with Gasteiger partial charge in [0.2, 0.25) is 0 Å². The second kappa shape index (κ2) is 5.56. The number of hydrogen-bond acceptors (Lipinski definition) is 2. The van der Waals surface area contributed by atoms with Gasteiger partial charge in [0.15, 0.2) is 0 Å². The van der Waals surface area contributed by atoms with Crippen LogP contribution in [0.5, 0.6) is 0 Å². The minimum atomic E-state index is 0.238. The van der Waals surface area contributed by atoms with Crippen LogP contribution in [0.3, 0.4) is 0 Å². The Bertz CT molecular complexity index is 333. The van der Waals surface area contributed by atoms with Crippen molar-refractivity contribution >= 4 is 27.5 Å². The van der Waals surface area contributed by atoms with E-state index >= 15 is 0 Å². The Morgan fingerprint density at radius 3 is 2.93 bits per heavy atom. The lowest BCUT2D eigenvalue weighted by Gasteiger charge is -1.95. The molecule has 1 aromatic heterocycles. The summed E-state index contributed by atoms with van der Waals surface area (Å²) in [5.41, 5.74) is 2.23. The molecule has 0 aliphatic heterocycles. The molecule has 0 aromatic carbocycles. The maximum atomic E-state index is 5.69. The molecule has 0 aliphatic rings. The number of rotatable bonds is 4. The molecule has 4 heteroatoms. The zero-order valence-corrected chi connectivity index (χ0v) is 10.7. The van der Waals surface area contributed by atoms with E-state index in [-0.39, 0.29) is 5.35 Å². The molecule has 1 aromatic rings. The van der Waals surface area contributed by atoms with E-state index in [1.54, 1.807) is 0 Å². The molecule has 1 rings (SSSR count). The normalized spacial score (nSPS) is 12.1. The molecule has 0 amide bonds. The SMILES string of the molecule is CCc1nc(Cl)oc1C/C=C(\C)CBr. The summed E-state index contributed by atoms with van der Waals surface area (Å²) < 4.78 is 5.29. The summed E-state index contributed by atoms with van der Waals surface area (Å²) in [5.74, 6) is 0.873. The Kier molecular flexibility index (Phi) is 4.69. The van der Waals surface area contributed by atoms with Gasteiger partial charge in [-0.05, 0) is 24.9 Å². The summed E-state index contributed by atoms with van der Waals surface area (Å²) >= 11 is 9.07. The highest BCUT2D eigenvalue weighted by Gasteiger charge is 2.08. The number of oxazole rings is 1. The Labute approximate surface area is 97.5 Å². The number of aromatic nitrogens is 1. The highest BCUT2D eigenvalue weighted by molar-refractivity contribution is 9.09. The summed E-state index contributed by atoms with van der Waals surface area (Å²) in [5, 5.41) is 1.12. The lowest BCUT2D eigenvalue weighted by Crippen LogP contribution is -1.88. The molecule has 1 heterocycles. The molecule has 0 saturated heterocycles. The second-order valence-electron chi connectivity index (χ2n) is 3.08. The quantitative estimate of drug-likeness (QED) is 0.619. The van der Waals surface area contributed by atoms with E-state index in [2.05, 4.69) is 33.9 Å². The van der Waals surface area contributed by atoms with Gasteiger partial charge in [-0.3, -0.25) is 0 Å². The van der Waals surface area contributed by atoms with Crippen molar-refractivity contribution in [2.75, 3.05) is 5.33 Å². The van der Waals surface area contributed by atoms with Crippen molar-refractivity contribution in [3.8, 4) is 0 Å². The number of alkyl halides is 1. The fourth-order valence-corrected chi connectivity index (χ4v) is 1.53. The van der Waals surface area contributed by atoms with E-state index < -0.39 is 0 Å². The van der Waals surface area contributed by atoms with Gasteiger partial charge in [0.25, 0.3) is 5.35 Å². The number of allylic oxidation sites excluding steroid dienone is 2. The zero-order valence-electron chi connectivity index (χ0n) is 8.31. The summed E-state index contributed by atoms with van der Waals surface area (Å²) in [4.78, 5) is 4.09. The van der Waals surface area contributed by atoms with Gasteiger partial charge in [-0.15, -0.1) is 0 Å². The maximum Gasteiger partial charge on any atom is 0.292 e. The average Bonchev–Trinajstić information content (AvgIpc) is 2.55. The van der Waals surface area contributed by atoms with Crippen LogP contribution in [-0.2, 0) is 12.8 Å². The van der Waals surface area contributed by atoms with Gasteiger partial charge in [0.1, 0.15) is 5.76 Å². The summed E-state index contributed by atoms with van der Waals surface area (Å²) in [6, 6.07) is 0. The molecule has 0 N–H and O–H groups in total. The van der Waals surface area contributed by atoms with Crippen LogP contribution >= 0.6 is 27.5 Å². The predicted molar refractivity (Wildman–Crippen MR) is 62.1 cm³/mol. The topological polar surface area (TPSA) is 26.0 Å². The second-order valence-corrected chi connectivity index (χ2v) is 3.96. The van der Waals surface area contributed by atoms with Gasteiger partial charge in [0, 0.05) is 11.8 Å². The average molecular weight is 279 g/mol. The van der Waals surface area contributed by atoms with E-state index in [1.165, 1.54) is 5.57 Å². The molecule has 14 heavy (non-hydrogen) atoms. The first-order valence-electron chi connectivity index (χ1n) is 4.53. The van der Waals surface area contributed by atoms with E-state index in [4.69, 9.17) is 16.0 Å². The highest BCUT2D eigenvalue weighted by atomic mass is 79.9. The van der Waals surface area contributed by atoms with Crippen LogP contribution in [0.2, 0.25) is 5.35 Å². The van der Waals surface area contributed by atoms with Crippen LogP contribution in [0.1, 0.15) is 25.3 Å². The maximum absolute atomic E-state index is 5.69. The van der Waals surface area contributed by atoms with E-state index in [1.807, 2.05) is 6.92 Å². The van der Waals surface area contributed by atoms with Gasteiger partial charge in [-0.1, -0.05) is 34.5 Å². The summed E-state index contributed by atoms with van der Waals surface area (Å²) in [7, 11) is 0. The molecule has 0 fully saturated rings.